The number of hydrogen-bond acceptors (Lipinski definition) is 6. The van der Waals surface area contributed by atoms with Crippen LogP contribution in [0, 0.1) is 0 Å². The molecule has 1 saturated heterocycles. The predicted molar refractivity (Wildman–Crippen MR) is 109 cm³/mol. The van der Waals surface area contributed by atoms with Crippen LogP contribution in [0.1, 0.15) is 18.9 Å². The number of nitrogens with zero attached hydrogens (tertiary/aromatic N) is 1. The first kappa shape index (κ1) is 20.2. The van der Waals surface area contributed by atoms with Crippen molar-refractivity contribution in [3.05, 3.63) is 48.0 Å². The number of imide groups is 1. The Bertz CT molecular complexity index is 1050. The highest BCUT2D eigenvalue weighted by Gasteiger charge is 2.39. The summed E-state index contributed by atoms with van der Waals surface area (Å²) < 4.78 is 10.6. The summed E-state index contributed by atoms with van der Waals surface area (Å²) in [7, 11) is 0. The summed E-state index contributed by atoms with van der Waals surface area (Å²) in [6.45, 7) is 1.59. The molecule has 2 aromatic rings. The second-order valence-corrected chi connectivity index (χ2v) is 7.12. The molecular weight excluding hydrogens is 404 g/mol. The third kappa shape index (κ3) is 4.58. The van der Waals surface area contributed by atoms with E-state index in [1.807, 2.05) is 0 Å². The molecule has 2 heterocycles. The van der Waals surface area contributed by atoms with Gasteiger partial charge in [-0.25, -0.2) is 4.79 Å². The van der Waals surface area contributed by atoms with Gasteiger partial charge in [0.2, 0.25) is 18.6 Å². The van der Waals surface area contributed by atoms with E-state index in [-0.39, 0.29) is 25.7 Å². The van der Waals surface area contributed by atoms with Gasteiger partial charge >= 0.3 is 6.03 Å². The molecule has 0 unspecified atom stereocenters. The first-order valence-electron chi connectivity index (χ1n) is 9.57. The van der Waals surface area contributed by atoms with Gasteiger partial charge in [-0.2, -0.15) is 0 Å². The molecule has 3 N–H and O–H groups in total. The average molecular weight is 424 g/mol. The number of carbonyl (C=O) groups is 4. The maximum atomic E-state index is 12.7. The molecule has 2 aliphatic rings. The van der Waals surface area contributed by atoms with Gasteiger partial charge in [0.25, 0.3) is 5.91 Å². The summed E-state index contributed by atoms with van der Waals surface area (Å²) in [5, 5.41) is 7.85. The highest BCUT2D eigenvalue weighted by atomic mass is 16.7. The van der Waals surface area contributed by atoms with Gasteiger partial charge in [-0.15, -0.1) is 0 Å². The first-order valence-corrected chi connectivity index (χ1v) is 9.57. The maximum Gasteiger partial charge on any atom is 0.325 e. The van der Waals surface area contributed by atoms with Crippen LogP contribution in [0.5, 0.6) is 11.5 Å². The molecule has 2 aromatic carbocycles. The van der Waals surface area contributed by atoms with Gasteiger partial charge in [0, 0.05) is 18.3 Å². The van der Waals surface area contributed by atoms with Crippen LogP contribution in [0.4, 0.5) is 16.2 Å². The number of anilines is 2. The second kappa shape index (κ2) is 8.34. The van der Waals surface area contributed by atoms with Crippen molar-refractivity contribution in [1.82, 2.24) is 10.2 Å². The number of amides is 5. The summed E-state index contributed by atoms with van der Waals surface area (Å²) in [6, 6.07) is 10.2. The van der Waals surface area contributed by atoms with E-state index in [0.29, 0.717) is 28.4 Å². The van der Waals surface area contributed by atoms with Gasteiger partial charge in [0.1, 0.15) is 6.04 Å². The molecule has 0 saturated carbocycles. The van der Waals surface area contributed by atoms with Crippen LogP contribution in [0.15, 0.2) is 42.5 Å². The SMILES string of the molecule is CC(=O)Nc1ccc(NC(=O)C[C@@H]2NC(=O)N(Cc3ccc4c(c3)OCO4)C2=O)cc1. The van der Waals surface area contributed by atoms with Crippen LogP contribution in [0.3, 0.4) is 0 Å². The Morgan fingerprint density at radius 1 is 1.03 bits per heavy atom. The first-order chi connectivity index (χ1) is 14.9. The number of urea groups is 1. The lowest BCUT2D eigenvalue weighted by Crippen LogP contribution is -2.34. The molecule has 1 atom stereocenters. The monoisotopic (exact) mass is 424 g/mol. The Balaban J connectivity index is 1.34. The molecule has 0 spiro atoms. The van der Waals surface area contributed by atoms with Crippen LogP contribution in [-0.2, 0) is 20.9 Å². The summed E-state index contributed by atoms with van der Waals surface area (Å²) in [4.78, 5) is 49.4. The summed E-state index contributed by atoms with van der Waals surface area (Å²) in [5.41, 5.74) is 1.81. The zero-order valence-electron chi connectivity index (χ0n) is 16.6. The lowest BCUT2D eigenvalue weighted by Gasteiger charge is -2.13. The molecule has 1 fully saturated rings. The number of benzene rings is 2. The molecule has 31 heavy (non-hydrogen) atoms. The van der Waals surface area contributed by atoms with Crippen LogP contribution in [0.25, 0.3) is 0 Å². The van der Waals surface area contributed by atoms with Gasteiger partial charge in [-0.05, 0) is 42.0 Å². The highest BCUT2D eigenvalue weighted by Crippen LogP contribution is 2.33. The van der Waals surface area contributed by atoms with Crippen molar-refractivity contribution >= 4 is 35.1 Å². The van der Waals surface area contributed by atoms with E-state index < -0.39 is 23.9 Å². The van der Waals surface area contributed by atoms with Gasteiger partial charge in [0.05, 0.1) is 13.0 Å². The average Bonchev–Trinajstić information content (AvgIpc) is 3.29. The fraction of sp³-hybridized carbons (Fsp3) is 0.238. The van der Waals surface area contributed by atoms with E-state index in [2.05, 4.69) is 16.0 Å². The third-order valence-electron chi connectivity index (χ3n) is 4.76. The number of rotatable bonds is 6. The van der Waals surface area contributed by atoms with Crippen molar-refractivity contribution in [2.75, 3.05) is 17.4 Å². The largest absolute Gasteiger partial charge is 0.454 e. The quantitative estimate of drug-likeness (QED) is 0.608. The molecule has 0 aromatic heterocycles. The van der Waals surface area contributed by atoms with E-state index in [0.717, 1.165) is 4.90 Å². The van der Waals surface area contributed by atoms with Gasteiger partial charge in [0.15, 0.2) is 11.5 Å². The lowest BCUT2D eigenvalue weighted by molar-refractivity contribution is -0.130. The van der Waals surface area contributed by atoms with Crippen LogP contribution < -0.4 is 25.4 Å². The van der Waals surface area contributed by atoms with E-state index in [1.165, 1.54) is 6.92 Å². The number of nitrogens with one attached hydrogen (secondary N) is 3. The molecule has 5 amide bonds. The lowest BCUT2D eigenvalue weighted by atomic mass is 10.1. The van der Waals surface area contributed by atoms with Crippen molar-refractivity contribution < 1.29 is 28.7 Å². The van der Waals surface area contributed by atoms with Crippen molar-refractivity contribution in [2.45, 2.75) is 25.9 Å². The summed E-state index contributed by atoms with van der Waals surface area (Å²) >= 11 is 0. The number of fused-ring (bicyclic) bond motifs is 1. The number of hydrogen-bond donors (Lipinski definition) is 3. The molecule has 0 radical (unpaired) electrons. The minimum atomic E-state index is -0.944. The molecule has 10 heteroatoms. The smallest absolute Gasteiger partial charge is 0.325 e. The number of carbonyl (C=O) groups excluding carboxylic acids is 4. The van der Waals surface area contributed by atoms with Crippen LogP contribution in [0.2, 0.25) is 0 Å². The predicted octanol–water partition coefficient (Wildman–Crippen LogP) is 1.82. The fourth-order valence-electron chi connectivity index (χ4n) is 3.32. The topological polar surface area (TPSA) is 126 Å². The van der Waals surface area contributed by atoms with Crippen molar-refractivity contribution in [2.24, 2.45) is 0 Å². The highest BCUT2D eigenvalue weighted by molar-refractivity contribution is 6.06. The molecule has 0 bridgehead atoms. The number of ether oxygens (including phenoxy) is 2. The van der Waals surface area contributed by atoms with E-state index in [4.69, 9.17) is 9.47 Å². The van der Waals surface area contributed by atoms with Gasteiger partial charge in [-0.3, -0.25) is 19.3 Å². The van der Waals surface area contributed by atoms with Crippen LogP contribution >= 0.6 is 0 Å². The van der Waals surface area contributed by atoms with Crippen LogP contribution in [-0.4, -0.2) is 41.5 Å². The Kier molecular flexibility index (Phi) is 5.44. The fourth-order valence-corrected chi connectivity index (χ4v) is 3.32. The van der Waals surface area contributed by atoms with Gasteiger partial charge < -0.3 is 25.4 Å². The minimum Gasteiger partial charge on any atom is -0.454 e. The molecule has 10 nitrogen and oxygen atoms in total. The van der Waals surface area contributed by atoms with E-state index in [1.54, 1.807) is 42.5 Å². The summed E-state index contributed by atoms with van der Waals surface area (Å²) in [6.07, 6.45) is -0.199. The second-order valence-electron chi connectivity index (χ2n) is 7.12. The van der Waals surface area contributed by atoms with E-state index in [9.17, 15) is 19.2 Å². The van der Waals surface area contributed by atoms with E-state index >= 15 is 0 Å². The van der Waals surface area contributed by atoms with Crippen molar-refractivity contribution in [3.63, 3.8) is 0 Å². The Hall–Kier alpha value is -4.08. The molecular formula is C21H20N4O6. The standard InChI is InChI=1S/C21H20N4O6/c1-12(26)22-14-3-5-15(6-4-14)23-19(27)9-16-20(28)25(21(29)24-16)10-13-2-7-17-18(8-13)31-11-30-17/h2-8,16H,9-11H2,1H3,(H,22,26)(H,23,27)(H,24,29)/t16-/m0/s1. The maximum absolute atomic E-state index is 12.7. The third-order valence-corrected chi connectivity index (χ3v) is 4.76. The normalized spacial score (nSPS) is 16.8. The molecule has 0 aliphatic carbocycles. The molecule has 4 rings (SSSR count). The Morgan fingerprint density at radius 3 is 2.42 bits per heavy atom. The molecule has 160 valence electrons. The Labute approximate surface area is 177 Å². The Morgan fingerprint density at radius 2 is 1.71 bits per heavy atom. The van der Waals surface area contributed by atoms with Crippen molar-refractivity contribution in [1.29, 1.82) is 0 Å². The minimum absolute atomic E-state index is 0.0596. The van der Waals surface area contributed by atoms with Gasteiger partial charge in [-0.1, -0.05) is 6.07 Å². The zero-order chi connectivity index (χ0) is 22.0. The van der Waals surface area contributed by atoms with Crippen molar-refractivity contribution in [3.8, 4) is 11.5 Å². The summed E-state index contributed by atoms with van der Waals surface area (Å²) in [5.74, 6) is 0.0814. The molecule has 2 aliphatic heterocycles. The zero-order valence-corrected chi connectivity index (χ0v) is 16.6.